The molecule has 19 heavy (non-hydrogen) atoms. The lowest BCUT2D eigenvalue weighted by Crippen LogP contribution is -1.98. The first-order valence-electron chi connectivity index (χ1n) is 5.41. The van der Waals surface area contributed by atoms with E-state index in [0.717, 1.165) is 5.69 Å². The highest BCUT2D eigenvalue weighted by Crippen LogP contribution is 2.18. The van der Waals surface area contributed by atoms with Gasteiger partial charge in [0.15, 0.2) is 0 Å². The molecule has 0 aliphatic carbocycles. The standard InChI is InChI=1S/C12H8N4O3/c17-12(18)10-14-11(19-15-10)8-6-13-16(7-8)9-4-2-1-3-5-9/h1-7H,(H,17,18). The molecule has 0 fully saturated rings. The monoisotopic (exact) mass is 256 g/mol. The summed E-state index contributed by atoms with van der Waals surface area (Å²) in [6.45, 7) is 0. The zero-order valence-electron chi connectivity index (χ0n) is 9.59. The number of carboxylic acids is 1. The molecular weight excluding hydrogens is 248 g/mol. The minimum absolute atomic E-state index is 0.125. The number of nitrogens with zero attached hydrogens (tertiary/aromatic N) is 4. The van der Waals surface area contributed by atoms with Crippen LogP contribution >= 0.6 is 0 Å². The van der Waals surface area contributed by atoms with Gasteiger partial charge >= 0.3 is 5.97 Å². The van der Waals surface area contributed by atoms with Gasteiger partial charge in [0.05, 0.1) is 17.4 Å². The fraction of sp³-hybridized carbons (Fsp3) is 0. The highest BCUT2D eigenvalue weighted by Gasteiger charge is 2.15. The van der Waals surface area contributed by atoms with Gasteiger partial charge in [-0.05, 0) is 17.3 Å². The van der Waals surface area contributed by atoms with Gasteiger partial charge in [0.25, 0.3) is 11.7 Å². The van der Waals surface area contributed by atoms with Crippen molar-refractivity contribution in [2.45, 2.75) is 0 Å². The van der Waals surface area contributed by atoms with Crippen LogP contribution in [0.1, 0.15) is 10.6 Å². The second kappa shape index (κ2) is 4.37. The maximum absolute atomic E-state index is 10.7. The molecule has 0 radical (unpaired) electrons. The number of carbonyl (C=O) groups is 1. The summed E-state index contributed by atoms with van der Waals surface area (Å²) in [5, 5.41) is 16.2. The summed E-state index contributed by atoms with van der Waals surface area (Å²) >= 11 is 0. The molecule has 2 aromatic heterocycles. The number of carboxylic acid groups (broad SMARTS) is 1. The van der Waals surface area contributed by atoms with Crippen molar-refractivity contribution in [2.24, 2.45) is 0 Å². The topological polar surface area (TPSA) is 94.0 Å². The van der Waals surface area contributed by atoms with Gasteiger partial charge in [0.1, 0.15) is 0 Å². The van der Waals surface area contributed by atoms with E-state index in [-0.39, 0.29) is 11.7 Å². The first-order chi connectivity index (χ1) is 9.24. The predicted octanol–water partition coefficient (Wildman–Crippen LogP) is 1.62. The molecule has 0 aliphatic rings. The Bertz CT molecular complexity index is 717. The Hall–Kier alpha value is -2.96. The summed E-state index contributed by atoms with van der Waals surface area (Å²) in [5.74, 6) is -1.48. The van der Waals surface area contributed by atoms with Crippen LogP contribution in [0.2, 0.25) is 0 Å². The van der Waals surface area contributed by atoms with Crippen molar-refractivity contribution in [3.8, 4) is 17.1 Å². The molecule has 94 valence electrons. The molecule has 0 saturated heterocycles. The second-order valence-electron chi connectivity index (χ2n) is 3.74. The number of rotatable bonds is 3. The van der Waals surface area contributed by atoms with E-state index in [1.165, 1.54) is 6.20 Å². The van der Waals surface area contributed by atoms with E-state index in [1.54, 1.807) is 10.9 Å². The number of para-hydroxylation sites is 1. The van der Waals surface area contributed by atoms with Crippen LogP contribution in [-0.2, 0) is 0 Å². The summed E-state index contributed by atoms with van der Waals surface area (Å²) in [5.41, 5.74) is 1.44. The summed E-state index contributed by atoms with van der Waals surface area (Å²) < 4.78 is 6.50. The highest BCUT2D eigenvalue weighted by molar-refractivity contribution is 5.83. The molecule has 0 spiro atoms. The quantitative estimate of drug-likeness (QED) is 0.765. The van der Waals surface area contributed by atoms with Crippen LogP contribution in [0, 0.1) is 0 Å². The van der Waals surface area contributed by atoms with E-state index in [9.17, 15) is 4.79 Å². The Morgan fingerprint density at radius 1 is 1.26 bits per heavy atom. The van der Waals surface area contributed by atoms with Crippen molar-refractivity contribution in [1.82, 2.24) is 19.9 Å². The van der Waals surface area contributed by atoms with Crippen LogP contribution < -0.4 is 0 Å². The van der Waals surface area contributed by atoms with E-state index in [2.05, 4.69) is 15.2 Å². The number of benzene rings is 1. The predicted molar refractivity (Wildman–Crippen MR) is 63.8 cm³/mol. The van der Waals surface area contributed by atoms with Gasteiger partial charge in [0, 0.05) is 6.20 Å². The Balaban J connectivity index is 1.94. The second-order valence-corrected chi connectivity index (χ2v) is 3.74. The molecule has 7 nitrogen and oxygen atoms in total. The van der Waals surface area contributed by atoms with Crippen molar-refractivity contribution in [3.05, 3.63) is 48.5 Å². The molecule has 0 amide bonds. The molecule has 3 aromatic rings. The third-order valence-corrected chi connectivity index (χ3v) is 2.47. The zero-order valence-corrected chi connectivity index (χ0v) is 9.59. The van der Waals surface area contributed by atoms with E-state index in [0.29, 0.717) is 5.56 Å². The largest absolute Gasteiger partial charge is 0.475 e. The van der Waals surface area contributed by atoms with Gasteiger partial charge in [-0.2, -0.15) is 10.1 Å². The number of hydrogen-bond donors (Lipinski definition) is 1. The van der Waals surface area contributed by atoms with Crippen molar-refractivity contribution in [3.63, 3.8) is 0 Å². The molecule has 0 atom stereocenters. The van der Waals surface area contributed by atoms with Crippen LogP contribution in [0.25, 0.3) is 17.1 Å². The maximum Gasteiger partial charge on any atom is 0.377 e. The average Bonchev–Trinajstić information content (AvgIpc) is 3.09. The minimum atomic E-state index is -1.23. The summed E-state index contributed by atoms with van der Waals surface area (Å²) in [4.78, 5) is 14.4. The van der Waals surface area contributed by atoms with Crippen LogP contribution in [0.3, 0.4) is 0 Å². The van der Waals surface area contributed by atoms with Crippen LogP contribution in [-0.4, -0.2) is 31.0 Å². The summed E-state index contributed by atoms with van der Waals surface area (Å²) in [6, 6.07) is 9.49. The Kier molecular flexibility index (Phi) is 2.57. The van der Waals surface area contributed by atoms with Gasteiger partial charge in [-0.3, -0.25) is 0 Å². The smallest absolute Gasteiger partial charge is 0.377 e. The number of aromatic carboxylic acids is 1. The highest BCUT2D eigenvalue weighted by atomic mass is 16.5. The summed E-state index contributed by atoms with van der Waals surface area (Å²) in [6.07, 6.45) is 3.22. The number of hydrogen-bond acceptors (Lipinski definition) is 5. The van der Waals surface area contributed by atoms with Crippen LogP contribution in [0.15, 0.2) is 47.2 Å². The zero-order chi connectivity index (χ0) is 13.2. The molecule has 1 N–H and O–H groups in total. The first kappa shape index (κ1) is 11.1. The van der Waals surface area contributed by atoms with E-state index < -0.39 is 5.97 Å². The number of aromatic nitrogens is 4. The first-order valence-corrected chi connectivity index (χ1v) is 5.41. The molecule has 0 unspecified atom stereocenters. The van der Waals surface area contributed by atoms with E-state index in [1.807, 2.05) is 30.3 Å². The van der Waals surface area contributed by atoms with Crippen molar-refractivity contribution < 1.29 is 14.4 Å². The van der Waals surface area contributed by atoms with E-state index >= 15 is 0 Å². The van der Waals surface area contributed by atoms with Gasteiger partial charge in [0.2, 0.25) is 0 Å². The van der Waals surface area contributed by atoms with Crippen molar-refractivity contribution in [1.29, 1.82) is 0 Å². The molecular formula is C12H8N4O3. The van der Waals surface area contributed by atoms with Crippen LogP contribution in [0.4, 0.5) is 0 Å². The van der Waals surface area contributed by atoms with Crippen LogP contribution in [0.5, 0.6) is 0 Å². The maximum atomic E-state index is 10.7. The Labute approximate surface area is 107 Å². The Morgan fingerprint density at radius 3 is 2.74 bits per heavy atom. The van der Waals surface area contributed by atoms with Gasteiger partial charge in [-0.25, -0.2) is 9.48 Å². The lowest BCUT2D eigenvalue weighted by molar-refractivity contribution is 0.0680. The van der Waals surface area contributed by atoms with Crippen molar-refractivity contribution >= 4 is 5.97 Å². The lowest BCUT2D eigenvalue weighted by atomic mass is 10.3. The van der Waals surface area contributed by atoms with Gasteiger partial charge < -0.3 is 9.63 Å². The van der Waals surface area contributed by atoms with Gasteiger partial charge in [-0.1, -0.05) is 18.2 Å². The lowest BCUT2D eigenvalue weighted by Gasteiger charge is -1.98. The molecule has 3 rings (SSSR count). The fourth-order valence-corrected chi connectivity index (χ4v) is 1.58. The summed E-state index contributed by atoms with van der Waals surface area (Å²) in [7, 11) is 0. The molecule has 7 heteroatoms. The molecule has 0 aliphatic heterocycles. The minimum Gasteiger partial charge on any atom is -0.475 e. The average molecular weight is 256 g/mol. The molecule has 1 aromatic carbocycles. The molecule has 0 saturated carbocycles. The normalized spacial score (nSPS) is 10.5. The third-order valence-electron chi connectivity index (χ3n) is 2.47. The SMILES string of the molecule is O=C(O)c1noc(-c2cnn(-c3ccccc3)c2)n1. The fourth-order valence-electron chi connectivity index (χ4n) is 1.58. The van der Waals surface area contributed by atoms with Gasteiger partial charge in [-0.15, -0.1) is 0 Å². The third kappa shape index (κ3) is 2.08. The van der Waals surface area contributed by atoms with Crippen molar-refractivity contribution in [2.75, 3.05) is 0 Å². The Morgan fingerprint density at radius 2 is 2.05 bits per heavy atom. The molecule has 2 heterocycles. The molecule has 0 bridgehead atoms. The van der Waals surface area contributed by atoms with E-state index in [4.69, 9.17) is 9.63 Å².